The molecule has 0 bridgehead atoms. The first kappa shape index (κ1) is 20.6. The molecule has 2 aromatic rings. The lowest BCUT2D eigenvalue weighted by molar-refractivity contribution is -0.119. The number of rotatable bonds is 4. The minimum Gasteiger partial charge on any atom is -0.292 e. The van der Waals surface area contributed by atoms with Gasteiger partial charge >= 0.3 is 0 Å². The molecule has 0 N–H and O–H groups in total. The molecule has 1 aromatic heterocycles. The molecule has 1 saturated heterocycles. The maximum Gasteiger partial charge on any atom is 0.228 e. The molecule has 0 radical (unpaired) electrons. The number of hydrogen-bond donors (Lipinski definition) is 0. The zero-order valence-electron chi connectivity index (χ0n) is 18.9. The zero-order chi connectivity index (χ0) is 21.4. The van der Waals surface area contributed by atoms with E-state index in [9.17, 15) is 4.79 Å². The van der Waals surface area contributed by atoms with Gasteiger partial charge < -0.3 is 0 Å². The van der Waals surface area contributed by atoms with Crippen LogP contribution in [0.3, 0.4) is 0 Å². The van der Waals surface area contributed by atoms with Crippen LogP contribution in [-0.4, -0.2) is 33.4 Å². The Balaban J connectivity index is 1.47. The Bertz CT molecular complexity index is 949. The lowest BCUT2D eigenvalue weighted by Crippen LogP contribution is -2.39. The van der Waals surface area contributed by atoms with Crippen LogP contribution in [0, 0.1) is 13.8 Å². The molecule has 0 unspecified atom stereocenters. The predicted molar refractivity (Wildman–Crippen MR) is 123 cm³/mol. The van der Waals surface area contributed by atoms with Crippen LogP contribution >= 0.6 is 0 Å². The van der Waals surface area contributed by atoms with Gasteiger partial charge in [0.05, 0.1) is 12.6 Å². The van der Waals surface area contributed by atoms with Gasteiger partial charge in [-0.2, -0.15) is 0 Å². The summed E-state index contributed by atoms with van der Waals surface area (Å²) >= 11 is 0. The zero-order valence-corrected chi connectivity index (χ0v) is 18.9. The van der Waals surface area contributed by atoms with E-state index >= 15 is 0 Å². The third-order valence-corrected chi connectivity index (χ3v) is 7.45. The molecular formula is C26H34N4O. The number of likely N-dealkylation sites (tertiary alicyclic amines) is 1. The quantitative estimate of drug-likeness (QED) is 0.698. The number of benzene rings is 1. The van der Waals surface area contributed by atoms with Gasteiger partial charge in [0, 0.05) is 23.7 Å². The van der Waals surface area contributed by atoms with Gasteiger partial charge in [0.1, 0.15) is 11.6 Å². The van der Waals surface area contributed by atoms with Crippen LogP contribution in [0.15, 0.2) is 24.3 Å². The van der Waals surface area contributed by atoms with Gasteiger partial charge in [-0.25, -0.2) is 9.97 Å². The third kappa shape index (κ3) is 4.12. The molecule has 1 aliphatic carbocycles. The van der Waals surface area contributed by atoms with Crippen molar-refractivity contribution in [1.82, 2.24) is 14.9 Å². The second-order valence-electron chi connectivity index (χ2n) is 9.62. The summed E-state index contributed by atoms with van der Waals surface area (Å²) in [5.74, 6) is 1.96. The van der Waals surface area contributed by atoms with Crippen molar-refractivity contribution in [3.8, 4) is 0 Å². The summed E-state index contributed by atoms with van der Waals surface area (Å²) in [5.41, 5.74) is 4.59. The van der Waals surface area contributed by atoms with Crippen molar-refractivity contribution in [2.75, 3.05) is 11.4 Å². The lowest BCUT2D eigenvalue weighted by atomic mass is 9.93. The molecule has 164 valence electrons. The lowest BCUT2D eigenvalue weighted by Gasteiger charge is -2.36. The predicted octanol–water partition coefficient (Wildman–Crippen LogP) is 5.04. The van der Waals surface area contributed by atoms with E-state index in [-0.39, 0.29) is 5.91 Å². The highest BCUT2D eigenvalue weighted by atomic mass is 16.2. The maximum absolute atomic E-state index is 12.9. The summed E-state index contributed by atoms with van der Waals surface area (Å²) in [6.45, 7) is 5.93. The number of aromatic nitrogens is 2. The topological polar surface area (TPSA) is 49.3 Å². The van der Waals surface area contributed by atoms with Gasteiger partial charge in [-0.05, 0) is 58.1 Å². The fourth-order valence-corrected chi connectivity index (χ4v) is 5.71. The normalized spacial score (nSPS) is 22.7. The SMILES string of the molecule is Cc1ccc(CN2C(=O)CCc3c(C)nc([C@@H]4CCCN4C4CCCCC4)nc32)cc1. The molecule has 3 aliphatic rings. The number of fused-ring (bicyclic) bond motifs is 1. The summed E-state index contributed by atoms with van der Waals surface area (Å²) in [5, 5.41) is 0. The number of anilines is 1. The average Bonchev–Trinajstić information content (AvgIpc) is 3.28. The molecule has 2 aliphatic heterocycles. The van der Waals surface area contributed by atoms with E-state index < -0.39 is 0 Å². The van der Waals surface area contributed by atoms with E-state index in [1.165, 1.54) is 44.1 Å². The Morgan fingerprint density at radius 3 is 2.48 bits per heavy atom. The first-order valence-corrected chi connectivity index (χ1v) is 12.1. The van der Waals surface area contributed by atoms with Gasteiger partial charge in [-0.1, -0.05) is 49.1 Å². The van der Waals surface area contributed by atoms with Crippen LogP contribution in [0.5, 0.6) is 0 Å². The van der Waals surface area contributed by atoms with Crippen LogP contribution < -0.4 is 4.90 Å². The molecular weight excluding hydrogens is 384 g/mol. The number of carbonyl (C=O) groups is 1. The monoisotopic (exact) mass is 418 g/mol. The molecule has 5 nitrogen and oxygen atoms in total. The average molecular weight is 419 g/mol. The minimum atomic E-state index is 0.174. The van der Waals surface area contributed by atoms with E-state index in [4.69, 9.17) is 9.97 Å². The van der Waals surface area contributed by atoms with Gasteiger partial charge in [-0.15, -0.1) is 0 Å². The number of aryl methyl sites for hydroxylation is 2. The maximum atomic E-state index is 12.9. The molecule has 2 fully saturated rings. The van der Waals surface area contributed by atoms with Crippen molar-refractivity contribution < 1.29 is 4.79 Å². The van der Waals surface area contributed by atoms with Crippen molar-refractivity contribution in [2.24, 2.45) is 0 Å². The fourth-order valence-electron chi connectivity index (χ4n) is 5.71. The van der Waals surface area contributed by atoms with Gasteiger partial charge in [0.15, 0.2) is 0 Å². The second kappa shape index (κ2) is 8.70. The Kier molecular flexibility index (Phi) is 5.79. The standard InChI is InChI=1S/C26H34N4O/c1-18-10-12-20(13-11-18)17-30-24(31)15-14-22-19(2)27-25(28-26(22)30)23-9-6-16-29(23)21-7-4-3-5-8-21/h10-13,21,23H,3-9,14-17H2,1-2H3/t23-/m0/s1. The number of carbonyl (C=O) groups excluding carboxylic acids is 1. The summed E-state index contributed by atoms with van der Waals surface area (Å²) < 4.78 is 0. The van der Waals surface area contributed by atoms with Crippen molar-refractivity contribution in [1.29, 1.82) is 0 Å². The number of nitrogens with zero attached hydrogens (tertiary/aromatic N) is 4. The second-order valence-corrected chi connectivity index (χ2v) is 9.62. The summed E-state index contributed by atoms with van der Waals surface area (Å²) in [7, 11) is 0. The molecule has 1 saturated carbocycles. The molecule has 1 aromatic carbocycles. The van der Waals surface area contributed by atoms with Gasteiger partial charge in [-0.3, -0.25) is 14.6 Å². The van der Waals surface area contributed by atoms with Crippen LogP contribution in [0.4, 0.5) is 5.82 Å². The Labute approximate surface area is 185 Å². The van der Waals surface area contributed by atoms with Crippen molar-refractivity contribution in [2.45, 2.75) is 90.3 Å². The van der Waals surface area contributed by atoms with Crippen LogP contribution in [-0.2, 0) is 17.8 Å². The van der Waals surface area contributed by atoms with Gasteiger partial charge in [0.25, 0.3) is 0 Å². The largest absolute Gasteiger partial charge is 0.292 e. The molecule has 5 rings (SSSR count). The third-order valence-electron chi connectivity index (χ3n) is 7.45. The molecule has 3 heterocycles. The van der Waals surface area contributed by atoms with Crippen LogP contribution in [0.1, 0.15) is 85.6 Å². The molecule has 1 amide bonds. The summed E-state index contributed by atoms with van der Waals surface area (Å²) in [4.78, 5) is 27.6. The highest BCUT2D eigenvalue weighted by Gasteiger charge is 2.36. The highest BCUT2D eigenvalue weighted by molar-refractivity contribution is 5.95. The molecule has 5 heteroatoms. The first-order valence-electron chi connectivity index (χ1n) is 12.1. The van der Waals surface area contributed by atoms with Crippen LogP contribution in [0.25, 0.3) is 0 Å². The molecule has 1 atom stereocenters. The first-order chi connectivity index (χ1) is 15.1. The molecule has 31 heavy (non-hydrogen) atoms. The van der Waals surface area contributed by atoms with E-state index in [0.717, 1.165) is 47.8 Å². The van der Waals surface area contributed by atoms with Crippen molar-refractivity contribution in [3.05, 3.63) is 52.5 Å². The highest BCUT2D eigenvalue weighted by Crippen LogP contribution is 2.38. The number of amides is 1. The van der Waals surface area contributed by atoms with Crippen LogP contribution in [0.2, 0.25) is 0 Å². The Morgan fingerprint density at radius 2 is 1.71 bits per heavy atom. The Morgan fingerprint density at radius 1 is 0.935 bits per heavy atom. The van der Waals surface area contributed by atoms with E-state index in [0.29, 0.717) is 25.0 Å². The van der Waals surface area contributed by atoms with Crippen molar-refractivity contribution >= 4 is 11.7 Å². The number of hydrogen-bond acceptors (Lipinski definition) is 4. The van der Waals surface area contributed by atoms with E-state index in [1.807, 2.05) is 4.90 Å². The Hall–Kier alpha value is -2.27. The fraction of sp³-hybridized carbons (Fsp3) is 0.577. The van der Waals surface area contributed by atoms with Gasteiger partial charge in [0.2, 0.25) is 5.91 Å². The minimum absolute atomic E-state index is 0.174. The van der Waals surface area contributed by atoms with E-state index in [2.05, 4.69) is 43.0 Å². The molecule has 0 spiro atoms. The smallest absolute Gasteiger partial charge is 0.228 e. The van der Waals surface area contributed by atoms with E-state index in [1.54, 1.807) is 0 Å². The summed E-state index contributed by atoms with van der Waals surface area (Å²) in [6, 6.07) is 9.43. The van der Waals surface area contributed by atoms with Crippen molar-refractivity contribution in [3.63, 3.8) is 0 Å². The summed E-state index contributed by atoms with van der Waals surface area (Å²) in [6.07, 6.45) is 10.3.